The van der Waals surface area contributed by atoms with E-state index in [9.17, 15) is 9.59 Å². The third-order valence-corrected chi connectivity index (χ3v) is 4.58. The first kappa shape index (κ1) is 16.4. The molecule has 0 saturated carbocycles. The number of likely N-dealkylation sites (N-methyl/N-ethyl adjacent to an activating group) is 1. The van der Waals surface area contributed by atoms with Gasteiger partial charge < -0.3 is 10.2 Å². The number of carbonyl (C=O) groups is 2. The Balaban J connectivity index is 1.94. The van der Waals surface area contributed by atoms with E-state index < -0.39 is 0 Å². The van der Waals surface area contributed by atoms with Gasteiger partial charge in [-0.25, -0.2) is 0 Å². The molecule has 1 fully saturated rings. The van der Waals surface area contributed by atoms with Crippen LogP contribution in [0.3, 0.4) is 0 Å². The molecule has 1 aliphatic rings. The lowest BCUT2D eigenvalue weighted by molar-refractivity contribution is -0.132. The molecule has 1 N–H and O–H groups in total. The molecular weight excluding hydrogens is 302 g/mol. The van der Waals surface area contributed by atoms with Gasteiger partial charge in [0.15, 0.2) is 0 Å². The van der Waals surface area contributed by atoms with E-state index in [2.05, 4.69) is 16.4 Å². The van der Waals surface area contributed by atoms with Gasteiger partial charge in [-0.2, -0.15) is 0 Å². The van der Waals surface area contributed by atoms with Crippen molar-refractivity contribution in [2.24, 2.45) is 0 Å². The molecule has 2 amide bonds. The summed E-state index contributed by atoms with van der Waals surface area (Å²) < 4.78 is 0. The Labute approximate surface area is 142 Å². The largest absolute Gasteiger partial charge is 0.347 e. The van der Waals surface area contributed by atoms with Gasteiger partial charge in [-0.05, 0) is 44.9 Å². The van der Waals surface area contributed by atoms with Gasteiger partial charge in [0.1, 0.15) is 0 Å². The molecule has 126 valence electrons. The normalized spacial score (nSPS) is 18.1. The number of carbonyl (C=O) groups excluding carboxylic acids is 2. The quantitative estimate of drug-likeness (QED) is 0.923. The van der Waals surface area contributed by atoms with E-state index >= 15 is 0 Å². The molecule has 0 aliphatic carbocycles. The molecule has 24 heavy (non-hydrogen) atoms. The van der Waals surface area contributed by atoms with Gasteiger partial charge in [-0.1, -0.05) is 11.6 Å². The second-order valence-corrected chi connectivity index (χ2v) is 6.77. The predicted molar refractivity (Wildman–Crippen MR) is 94.1 cm³/mol. The number of nitrogens with zero attached hydrogens (tertiary/aromatic N) is 2. The molecule has 5 nitrogen and oxygen atoms in total. The third kappa shape index (κ3) is 3.11. The van der Waals surface area contributed by atoms with Crippen molar-refractivity contribution in [2.45, 2.75) is 39.7 Å². The molecule has 0 spiro atoms. The summed E-state index contributed by atoms with van der Waals surface area (Å²) in [5.41, 5.74) is 4.55. The first-order valence-electron chi connectivity index (χ1n) is 8.28. The van der Waals surface area contributed by atoms with Crippen molar-refractivity contribution >= 4 is 22.7 Å². The fraction of sp³-hybridized carbons (Fsp3) is 0.421. The Morgan fingerprint density at radius 1 is 1.25 bits per heavy atom. The Morgan fingerprint density at radius 3 is 2.71 bits per heavy atom. The number of nitrogens with one attached hydrogen (secondary N) is 1. The van der Waals surface area contributed by atoms with Crippen LogP contribution in [0, 0.1) is 20.8 Å². The molecule has 1 aliphatic heterocycles. The van der Waals surface area contributed by atoms with Crippen LogP contribution in [0.15, 0.2) is 18.2 Å². The maximum atomic E-state index is 12.8. The number of rotatable bonds is 2. The van der Waals surface area contributed by atoms with E-state index in [-0.39, 0.29) is 17.9 Å². The lowest BCUT2D eigenvalue weighted by Gasteiger charge is -2.30. The minimum absolute atomic E-state index is 0.00497. The molecular formula is C19H23N3O2. The van der Waals surface area contributed by atoms with Crippen molar-refractivity contribution < 1.29 is 9.59 Å². The summed E-state index contributed by atoms with van der Waals surface area (Å²) in [6, 6.07) is 5.93. The lowest BCUT2D eigenvalue weighted by atomic mass is 10.00. The van der Waals surface area contributed by atoms with Gasteiger partial charge in [-0.3, -0.25) is 14.6 Å². The van der Waals surface area contributed by atoms with Crippen LogP contribution >= 0.6 is 0 Å². The SMILES string of the molecule is Cc1cc(C)c2nc(C)cc(C(=O)N[C@@H]3CCC(=O)N(C)C3)c2c1. The van der Waals surface area contributed by atoms with Crippen molar-refractivity contribution in [1.82, 2.24) is 15.2 Å². The molecule has 2 heterocycles. The molecule has 0 radical (unpaired) electrons. The van der Waals surface area contributed by atoms with Crippen LogP contribution in [0.5, 0.6) is 0 Å². The summed E-state index contributed by atoms with van der Waals surface area (Å²) in [5.74, 6) is 0.0419. The van der Waals surface area contributed by atoms with Crippen molar-refractivity contribution in [3.05, 3.63) is 40.6 Å². The monoisotopic (exact) mass is 325 g/mol. The lowest BCUT2D eigenvalue weighted by Crippen LogP contribution is -2.48. The zero-order valence-electron chi connectivity index (χ0n) is 14.6. The number of fused-ring (bicyclic) bond motifs is 1. The average Bonchev–Trinajstić information content (AvgIpc) is 2.51. The van der Waals surface area contributed by atoms with Gasteiger partial charge in [0.2, 0.25) is 5.91 Å². The van der Waals surface area contributed by atoms with E-state index in [4.69, 9.17) is 0 Å². The number of hydrogen-bond donors (Lipinski definition) is 1. The second-order valence-electron chi connectivity index (χ2n) is 6.77. The van der Waals surface area contributed by atoms with Crippen LogP contribution in [0.4, 0.5) is 0 Å². The smallest absolute Gasteiger partial charge is 0.252 e. The molecule has 1 atom stereocenters. The number of benzene rings is 1. The molecule has 2 aromatic rings. The van der Waals surface area contributed by atoms with Crippen LogP contribution in [-0.4, -0.2) is 41.3 Å². The van der Waals surface area contributed by atoms with Crippen LogP contribution in [-0.2, 0) is 4.79 Å². The molecule has 3 rings (SSSR count). The molecule has 0 unspecified atom stereocenters. The van der Waals surface area contributed by atoms with Gasteiger partial charge >= 0.3 is 0 Å². The number of likely N-dealkylation sites (tertiary alicyclic amines) is 1. The minimum Gasteiger partial charge on any atom is -0.347 e. The predicted octanol–water partition coefficient (Wildman–Crippen LogP) is 2.51. The van der Waals surface area contributed by atoms with Crippen molar-refractivity contribution in [1.29, 1.82) is 0 Å². The summed E-state index contributed by atoms with van der Waals surface area (Å²) in [7, 11) is 1.78. The van der Waals surface area contributed by atoms with Crippen LogP contribution < -0.4 is 5.32 Å². The summed E-state index contributed by atoms with van der Waals surface area (Å²) in [6.45, 7) is 6.51. The van der Waals surface area contributed by atoms with Gasteiger partial charge in [0.25, 0.3) is 5.91 Å². The highest BCUT2D eigenvalue weighted by atomic mass is 16.2. The Hall–Kier alpha value is -2.43. The van der Waals surface area contributed by atoms with E-state index in [0.29, 0.717) is 24.9 Å². The fourth-order valence-corrected chi connectivity index (χ4v) is 3.39. The highest BCUT2D eigenvalue weighted by molar-refractivity contribution is 6.07. The zero-order valence-corrected chi connectivity index (χ0v) is 14.6. The maximum absolute atomic E-state index is 12.8. The summed E-state index contributed by atoms with van der Waals surface area (Å²) in [5, 5.41) is 3.97. The topological polar surface area (TPSA) is 62.3 Å². The first-order valence-corrected chi connectivity index (χ1v) is 8.28. The van der Waals surface area contributed by atoms with Crippen molar-refractivity contribution in [3.63, 3.8) is 0 Å². The van der Waals surface area contributed by atoms with Gasteiger partial charge in [-0.15, -0.1) is 0 Å². The Kier molecular flexibility index (Phi) is 4.26. The molecule has 5 heteroatoms. The summed E-state index contributed by atoms with van der Waals surface area (Å²) >= 11 is 0. The summed E-state index contributed by atoms with van der Waals surface area (Å²) in [4.78, 5) is 30.7. The van der Waals surface area contributed by atoms with Crippen LogP contribution in [0.1, 0.15) is 40.0 Å². The number of pyridine rings is 1. The van der Waals surface area contributed by atoms with Crippen LogP contribution in [0.2, 0.25) is 0 Å². The summed E-state index contributed by atoms with van der Waals surface area (Å²) in [6.07, 6.45) is 1.17. The highest BCUT2D eigenvalue weighted by Gasteiger charge is 2.25. The fourth-order valence-electron chi connectivity index (χ4n) is 3.39. The standard InChI is InChI=1S/C19H23N3O2/c1-11-7-12(2)18-15(8-11)16(9-13(3)20-18)19(24)21-14-5-6-17(23)22(4)10-14/h7-9,14H,5-6,10H2,1-4H3,(H,21,24)/t14-/m1/s1. The number of amides is 2. The molecule has 1 aromatic carbocycles. The maximum Gasteiger partial charge on any atom is 0.252 e. The average molecular weight is 325 g/mol. The van der Waals surface area contributed by atoms with E-state index in [1.807, 2.05) is 32.9 Å². The number of aromatic nitrogens is 1. The second kappa shape index (κ2) is 6.23. The van der Waals surface area contributed by atoms with Crippen LogP contribution in [0.25, 0.3) is 10.9 Å². The molecule has 1 aromatic heterocycles. The Bertz CT molecular complexity index is 829. The third-order valence-electron chi connectivity index (χ3n) is 4.58. The number of aryl methyl sites for hydroxylation is 3. The minimum atomic E-state index is -0.0942. The van der Waals surface area contributed by atoms with Crippen molar-refractivity contribution in [3.8, 4) is 0 Å². The van der Waals surface area contributed by atoms with Gasteiger partial charge in [0, 0.05) is 37.1 Å². The van der Waals surface area contributed by atoms with Gasteiger partial charge in [0.05, 0.1) is 11.1 Å². The van der Waals surface area contributed by atoms with E-state index in [0.717, 1.165) is 27.7 Å². The number of piperidine rings is 1. The number of hydrogen-bond acceptors (Lipinski definition) is 3. The first-order chi connectivity index (χ1) is 11.3. The van der Waals surface area contributed by atoms with E-state index in [1.165, 1.54) is 0 Å². The van der Waals surface area contributed by atoms with E-state index in [1.54, 1.807) is 11.9 Å². The molecule has 1 saturated heterocycles. The van der Waals surface area contributed by atoms with Crippen molar-refractivity contribution in [2.75, 3.05) is 13.6 Å². The Morgan fingerprint density at radius 2 is 2.00 bits per heavy atom. The molecule has 0 bridgehead atoms. The highest BCUT2D eigenvalue weighted by Crippen LogP contribution is 2.24. The zero-order chi connectivity index (χ0) is 17.4.